The van der Waals surface area contributed by atoms with Crippen LogP contribution in [0.1, 0.15) is 23.3 Å². The molecular formula is C21H20N8O. The van der Waals surface area contributed by atoms with Crippen molar-refractivity contribution in [2.75, 3.05) is 30.3 Å². The number of piperazine rings is 1. The van der Waals surface area contributed by atoms with E-state index in [0.29, 0.717) is 18.8 Å². The highest BCUT2D eigenvalue weighted by Gasteiger charge is 2.54. The van der Waals surface area contributed by atoms with E-state index in [1.807, 2.05) is 41.4 Å². The molecule has 0 atom stereocenters. The molecule has 0 radical (unpaired) electrons. The van der Waals surface area contributed by atoms with Gasteiger partial charge in [0.2, 0.25) is 5.95 Å². The maximum absolute atomic E-state index is 13.3. The maximum Gasteiger partial charge on any atom is 0.274 e. The van der Waals surface area contributed by atoms with Crippen molar-refractivity contribution >= 4 is 39.7 Å². The van der Waals surface area contributed by atoms with E-state index in [1.54, 1.807) is 6.20 Å². The SMILES string of the molecule is Nc1nc(N2CCN(C(=O)c3cnc4ccccc4n3)C3(CC3)C2)c2cc[nH]c2n1. The Morgan fingerprint density at radius 2 is 1.90 bits per heavy atom. The van der Waals surface area contributed by atoms with E-state index in [1.165, 1.54) is 0 Å². The van der Waals surface area contributed by atoms with Gasteiger partial charge in [-0.3, -0.25) is 9.78 Å². The number of nitrogens with zero attached hydrogens (tertiary/aromatic N) is 6. The van der Waals surface area contributed by atoms with Crippen LogP contribution in [0.5, 0.6) is 0 Å². The largest absolute Gasteiger partial charge is 0.368 e. The summed E-state index contributed by atoms with van der Waals surface area (Å²) in [4.78, 5) is 38.3. The number of aromatic amines is 1. The standard InChI is InChI=1S/C21H20N8O/c22-20-26-17-13(5-8-23-17)18(27-20)28-9-10-29(21(12-28)6-7-21)19(30)16-11-24-14-3-1-2-4-15(14)25-16/h1-5,8,11H,6-7,9-10,12H2,(H3,22,23,26,27). The predicted molar refractivity (Wildman–Crippen MR) is 113 cm³/mol. The van der Waals surface area contributed by atoms with E-state index >= 15 is 0 Å². The number of hydrogen-bond acceptors (Lipinski definition) is 7. The summed E-state index contributed by atoms with van der Waals surface area (Å²) in [5, 5.41) is 0.945. The quantitative estimate of drug-likeness (QED) is 0.528. The highest BCUT2D eigenvalue weighted by atomic mass is 16.2. The smallest absolute Gasteiger partial charge is 0.274 e. The molecule has 1 saturated heterocycles. The number of hydrogen-bond donors (Lipinski definition) is 2. The first-order chi connectivity index (χ1) is 14.6. The highest BCUT2D eigenvalue weighted by molar-refractivity contribution is 5.95. The number of fused-ring (bicyclic) bond motifs is 2. The molecule has 1 aliphatic heterocycles. The van der Waals surface area contributed by atoms with E-state index in [2.05, 4.69) is 29.8 Å². The fourth-order valence-electron chi connectivity index (χ4n) is 4.43. The van der Waals surface area contributed by atoms with Gasteiger partial charge in [-0.2, -0.15) is 9.97 Å². The number of nitrogens with one attached hydrogen (secondary N) is 1. The van der Waals surface area contributed by atoms with E-state index in [0.717, 1.165) is 47.3 Å². The summed E-state index contributed by atoms with van der Waals surface area (Å²) in [5.74, 6) is 1.01. The Kier molecular flexibility index (Phi) is 3.50. The lowest BCUT2D eigenvalue weighted by molar-refractivity contribution is 0.0618. The third kappa shape index (κ3) is 2.58. The van der Waals surface area contributed by atoms with Crippen LogP contribution in [0.15, 0.2) is 42.7 Å². The van der Waals surface area contributed by atoms with Crippen LogP contribution in [0.3, 0.4) is 0 Å². The first-order valence-electron chi connectivity index (χ1n) is 10.0. The van der Waals surface area contributed by atoms with Gasteiger partial charge >= 0.3 is 0 Å². The Morgan fingerprint density at radius 3 is 2.73 bits per heavy atom. The van der Waals surface area contributed by atoms with Crippen molar-refractivity contribution in [2.24, 2.45) is 0 Å². The van der Waals surface area contributed by atoms with Crippen molar-refractivity contribution in [3.8, 4) is 0 Å². The van der Waals surface area contributed by atoms with Crippen LogP contribution in [0.25, 0.3) is 22.1 Å². The van der Waals surface area contributed by atoms with Crippen LogP contribution in [0, 0.1) is 0 Å². The second-order valence-corrected chi connectivity index (χ2v) is 7.99. The zero-order chi connectivity index (χ0) is 20.3. The Morgan fingerprint density at radius 1 is 1.07 bits per heavy atom. The number of para-hydroxylation sites is 2. The van der Waals surface area contributed by atoms with Gasteiger partial charge in [-0.1, -0.05) is 12.1 Å². The number of nitrogens with two attached hydrogens (primary N) is 1. The number of carbonyl (C=O) groups excluding carboxylic acids is 1. The van der Waals surface area contributed by atoms with Gasteiger partial charge in [0, 0.05) is 25.8 Å². The van der Waals surface area contributed by atoms with Crippen molar-refractivity contribution in [1.29, 1.82) is 0 Å². The van der Waals surface area contributed by atoms with Crippen LogP contribution in [0.2, 0.25) is 0 Å². The normalized spacial score (nSPS) is 17.7. The van der Waals surface area contributed by atoms with E-state index in [-0.39, 0.29) is 17.4 Å². The first kappa shape index (κ1) is 17.1. The Hall–Kier alpha value is -3.75. The van der Waals surface area contributed by atoms with Gasteiger partial charge in [-0.15, -0.1) is 0 Å². The Bertz CT molecular complexity index is 1290. The second kappa shape index (κ2) is 6.12. The number of amides is 1. The molecule has 0 bridgehead atoms. The monoisotopic (exact) mass is 400 g/mol. The fraction of sp³-hybridized carbons (Fsp3) is 0.286. The van der Waals surface area contributed by atoms with Crippen LogP contribution in [-0.4, -0.2) is 60.9 Å². The third-order valence-corrected chi connectivity index (χ3v) is 6.10. The molecule has 1 spiro atoms. The molecular weight excluding hydrogens is 380 g/mol. The molecule has 30 heavy (non-hydrogen) atoms. The molecule has 6 rings (SSSR count). The highest BCUT2D eigenvalue weighted by Crippen LogP contribution is 2.46. The van der Waals surface area contributed by atoms with E-state index in [4.69, 9.17) is 5.73 Å². The summed E-state index contributed by atoms with van der Waals surface area (Å²) in [5.41, 5.74) is 8.38. The minimum absolute atomic E-state index is 0.0561. The minimum Gasteiger partial charge on any atom is -0.368 e. The zero-order valence-electron chi connectivity index (χ0n) is 16.2. The minimum atomic E-state index is -0.189. The van der Waals surface area contributed by atoms with E-state index in [9.17, 15) is 4.79 Å². The Balaban J connectivity index is 1.30. The molecule has 3 N–H and O–H groups in total. The van der Waals surface area contributed by atoms with Crippen LogP contribution >= 0.6 is 0 Å². The second-order valence-electron chi connectivity index (χ2n) is 7.99. The van der Waals surface area contributed by atoms with Crippen molar-refractivity contribution in [1.82, 2.24) is 29.8 Å². The number of nitrogen functional groups attached to an aromatic ring is 1. The molecule has 9 nitrogen and oxygen atoms in total. The predicted octanol–water partition coefficient (Wildman–Crippen LogP) is 1.98. The molecule has 1 saturated carbocycles. The van der Waals surface area contributed by atoms with Crippen LogP contribution < -0.4 is 10.6 Å². The van der Waals surface area contributed by atoms with Gasteiger partial charge in [0.05, 0.1) is 28.2 Å². The number of benzene rings is 1. The topological polar surface area (TPSA) is 117 Å². The van der Waals surface area contributed by atoms with Crippen molar-refractivity contribution in [3.05, 3.63) is 48.4 Å². The fourth-order valence-corrected chi connectivity index (χ4v) is 4.43. The van der Waals surface area contributed by atoms with Crippen LogP contribution in [0.4, 0.5) is 11.8 Å². The lowest BCUT2D eigenvalue weighted by atomic mass is 10.1. The van der Waals surface area contributed by atoms with Crippen LogP contribution in [-0.2, 0) is 0 Å². The van der Waals surface area contributed by atoms with Gasteiger partial charge in [0.1, 0.15) is 17.2 Å². The summed E-state index contributed by atoms with van der Waals surface area (Å²) in [6.45, 7) is 1.99. The van der Waals surface area contributed by atoms with E-state index < -0.39 is 0 Å². The van der Waals surface area contributed by atoms with Gasteiger partial charge in [-0.25, -0.2) is 4.98 Å². The first-order valence-corrected chi connectivity index (χ1v) is 10.0. The maximum atomic E-state index is 13.3. The molecule has 4 aromatic rings. The average Bonchev–Trinajstić information content (AvgIpc) is 3.36. The third-order valence-electron chi connectivity index (χ3n) is 6.10. The lowest BCUT2D eigenvalue weighted by Gasteiger charge is -2.42. The molecule has 9 heteroatoms. The summed E-state index contributed by atoms with van der Waals surface area (Å²) in [6, 6.07) is 9.56. The number of carbonyl (C=O) groups is 1. The summed E-state index contributed by atoms with van der Waals surface area (Å²) >= 11 is 0. The molecule has 150 valence electrons. The number of rotatable bonds is 2. The lowest BCUT2D eigenvalue weighted by Crippen LogP contribution is -2.57. The molecule has 4 heterocycles. The summed E-state index contributed by atoms with van der Waals surface area (Å²) in [7, 11) is 0. The number of anilines is 2. The molecule has 1 amide bonds. The molecule has 1 aromatic carbocycles. The van der Waals surface area contributed by atoms with Crippen molar-refractivity contribution in [3.63, 3.8) is 0 Å². The molecule has 1 aliphatic carbocycles. The van der Waals surface area contributed by atoms with Gasteiger partial charge in [0.15, 0.2) is 0 Å². The molecule has 3 aromatic heterocycles. The van der Waals surface area contributed by atoms with Crippen molar-refractivity contribution < 1.29 is 4.79 Å². The molecule has 2 aliphatic rings. The zero-order valence-corrected chi connectivity index (χ0v) is 16.2. The number of H-pyrrole nitrogens is 1. The summed E-state index contributed by atoms with van der Waals surface area (Å²) < 4.78 is 0. The summed E-state index contributed by atoms with van der Waals surface area (Å²) in [6.07, 6.45) is 5.36. The number of aromatic nitrogens is 5. The molecule has 0 unspecified atom stereocenters. The van der Waals surface area contributed by atoms with Crippen molar-refractivity contribution in [2.45, 2.75) is 18.4 Å². The van der Waals surface area contributed by atoms with Gasteiger partial charge < -0.3 is 20.5 Å². The van der Waals surface area contributed by atoms with Gasteiger partial charge in [0.25, 0.3) is 5.91 Å². The Labute approximate surface area is 172 Å². The average molecular weight is 400 g/mol. The van der Waals surface area contributed by atoms with Gasteiger partial charge in [-0.05, 0) is 31.0 Å². The molecule has 2 fully saturated rings.